The summed E-state index contributed by atoms with van der Waals surface area (Å²) in [5.74, 6) is 0.901. The van der Waals surface area contributed by atoms with E-state index in [0.717, 1.165) is 58.1 Å². The van der Waals surface area contributed by atoms with Gasteiger partial charge in [0.2, 0.25) is 0 Å². The van der Waals surface area contributed by atoms with Crippen LogP contribution in [-0.4, -0.2) is 48.6 Å². The smallest absolute Gasteiger partial charge is 0.191 e. The van der Waals surface area contributed by atoms with Crippen LogP contribution in [0.3, 0.4) is 0 Å². The summed E-state index contributed by atoms with van der Waals surface area (Å²) in [4.78, 5) is 12.9. The Bertz CT molecular complexity index is 731. The Kier molecular flexibility index (Phi) is 9.50. The van der Waals surface area contributed by atoms with Gasteiger partial charge in [-0.25, -0.2) is 4.98 Å². The summed E-state index contributed by atoms with van der Waals surface area (Å²) < 4.78 is 0. The van der Waals surface area contributed by atoms with E-state index in [1.807, 2.05) is 6.20 Å². The van der Waals surface area contributed by atoms with Gasteiger partial charge in [-0.15, -0.1) is 35.3 Å². The summed E-state index contributed by atoms with van der Waals surface area (Å²) in [6, 6.07) is 8.77. The number of thiazole rings is 1. The van der Waals surface area contributed by atoms with Crippen molar-refractivity contribution in [3.63, 3.8) is 0 Å². The molecule has 0 fully saturated rings. The van der Waals surface area contributed by atoms with Crippen LogP contribution in [0.2, 0.25) is 0 Å². The number of hydrogen-bond acceptors (Lipinski definition) is 4. The molecule has 0 atom stereocenters. The number of nitrogens with one attached hydrogen (secondary N) is 2. The second-order valence-electron chi connectivity index (χ2n) is 6.60. The predicted molar refractivity (Wildman–Crippen MR) is 125 cm³/mol. The van der Waals surface area contributed by atoms with Crippen molar-refractivity contribution in [1.29, 1.82) is 0 Å². The average Bonchev–Trinajstić information content (AvgIpc) is 3.07. The zero-order valence-corrected chi connectivity index (χ0v) is 19.3. The molecule has 2 aromatic rings. The molecular formula is C20H30IN5S. The van der Waals surface area contributed by atoms with E-state index in [4.69, 9.17) is 4.99 Å². The molecule has 1 aromatic heterocycles. The number of aromatic nitrogens is 1. The minimum Gasteiger partial charge on any atom is -0.357 e. The molecule has 0 unspecified atom stereocenters. The van der Waals surface area contributed by atoms with Crippen molar-refractivity contribution in [3.8, 4) is 0 Å². The first-order valence-electron chi connectivity index (χ1n) is 9.47. The summed E-state index contributed by atoms with van der Waals surface area (Å²) in [7, 11) is 0. The Labute approximate surface area is 183 Å². The normalized spacial score (nSPS) is 14.4. The molecule has 0 saturated heterocycles. The highest BCUT2D eigenvalue weighted by Crippen LogP contribution is 2.17. The SMILES string of the molecule is CCNC(=NCCN1CCc2ccccc2C1)NCCc1ncc(C)s1.I. The second kappa shape index (κ2) is 11.6. The Hall–Kier alpha value is -1.19. The molecule has 0 radical (unpaired) electrons. The van der Waals surface area contributed by atoms with E-state index in [1.54, 1.807) is 11.3 Å². The van der Waals surface area contributed by atoms with Crippen molar-refractivity contribution < 1.29 is 0 Å². The third-order valence-electron chi connectivity index (χ3n) is 4.54. The highest BCUT2D eigenvalue weighted by atomic mass is 127. The van der Waals surface area contributed by atoms with Crippen LogP contribution in [0, 0.1) is 6.92 Å². The number of halogens is 1. The van der Waals surface area contributed by atoms with Gasteiger partial charge in [0.25, 0.3) is 0 Å². The van der Waals surface area contributed by atoms with Crippen LogP contribution in [-0.2, 0) is 19.4 Å². The Morgan fingerprint density at radius 1 is 1.26 bits per heavy atom. The number of rotatable bonds is 7. The number of nitrogens with zero attached hydrogens (tertiary/aromatic N) is 3. The first kappa shape index (κ1) is 22.1. The van der Waals surface area contributed by atoms with Crippen LogP contribution in [0.5, 0.6) is 0 Å². The lowest BCUT2D eigenvalue weighted by atomic mass is 10.0. The summed E-state index contributed by atoms with van der Waals surface area (Å²) >= 11 is 1.77. The van der Waals surface area contributed by atoms with Crippen molar-refractivity contribution in [2.45, 2.75) is 33.2 Å². The van der Waals surface area contributed by atoms with Gasteiger partial charge in [0.1, 0.15) is 0 Å². The molecule has 0 aliphatic carbocycles. The van der Waals surface area contributed by atoms with Gasteiger partial charge in [-0.3, -0.25) is 9.89 Å². The summed E-state index contributed by atoms with van der Waals surface area (Å²) in [5.41, 5.74) is 2.96. The fourth-order valence-electron chi connectivity index (χ4n) is 3.19. The monoisotopic (exact) mass is 499 g/mol. The van der Waals surface area contributed by atoms with Gasteiger partial charge in [0, 0.05) is 50.2 Å². The average molecular weight is 499 g/mol. The topological polar surface area (TPSA) is 52.6 Å². The van der Waals surface area contributed by atoms with E-state index in [9.17, 15) is 0 Å². The van der Waals surface area contributed by atoms with Gasteiger partial charge in [0.15, 0.2) is 5.96 Å². The van der Waals surface area contributed by atoms with E-state index in [0.29, 0.717) is 0 Å². The van der Waals surface area contributed by atoms with Gasteiger partial charge in [-0.2, -0.15) is 0 Å². The second-order valence-corrected chi connectivity index (χ2v) is 7.92. The van der Waals surface area contributed by atoms with Crippen LogP contribution < -0.4 is 10.6 Å². The number of fused-ring (bicyclic) bond motifs is 1. The first-order valence-corrected chi connectivity index (χ1v) is 10.3. The number of guanidine groups is 1. The fraction of sp³-hybridized carbons (Fsp3) is 0.500. The lowest BCUT2D eigenvalue weighted by Gasteiger charge is -2.28. The zero-order valence-electron chi connectivity index (χ0n) is 16.2. The molecule has 0 bridgehead atoms. The molecule has 0 saturated carbocycles. The summed E-state index contributed by atoms with van der Waals surface area (Å²) in [6.45, 7) is 9.90. The highest BCUT2D eigenvalue weighted by molar-refractivity contribution is 14.0. The first-order chi connectivity index (χ1) is 12.7. The maximum Gasteiger partial charge on any atom is 0.191 e. The van der Waals surface area contributed by atoms with E-state index in [-0.39, 0.29) is 24.0 Å². The molecule has 2 N–H and O–H groups in total. The number of hydrogen-bond donors (Lipinski definition) is 2. The van der Waals surface area contributed by atoms with Crippen LogP contribution in [0.4, 0.5) is 0 Å². The molecule has 0 amide bonds. The molecule has 5 nitrogen and oxygen atoms in total. The molecule has 7 heteroatoms. The lowest BCUT2D eigenvalue weighted by molar-refractivity contribution is 0.261. The predicted octanol–water partition coefficient (Wildman–Crippen LogP) is 3.23. The molecule has 1 aliphatic rings. The van der Waals surface area contributed by atoms with E-state index in [1.165, 1.54) is 21.0 Å². The number of benzene rings is 1. The molecule has 148 valence electrons. The lowest BCUT2D eigenvalue weighted by Crippen LogP contribution is -2.39. The molecule has 1 aliphatic heterocycles. The molecule has 2 heterocycles. The third-order valence-corrected chi connectivity index (χ3v) is 5.51. The molecule has 27 heavy (non-hydrogen) atoms. The maximum absolute atomic E-state index is 4.74. The van der Waals surface area contributed by atoms with Crippen LogP contribution in [0.25, 0.3) is 0 Å². The van der Waals surface area contributed by atoms with Gasteiger partial charge in [0.05, 0.1) is 11.6 Å². The summed E-state index contributed by atoms with van der Waals surface area (Å²) in [6.07, 6.45) is 4.02. The Balaban J connectivity index is 0.00000261. The number of aryl methyl sites for hydroxylation is 1. The Morgan fingerprint density at radius 2 is 2.07 bits per heavy atom. The Morgan fingerprint density at radius 3 is 2.81 bits per heavy atom. The van der Waals surface area contributed by atoms with Crippen molar-refractivity contribution in [3.05, 3.63) is 51.5 Å². The van der Waals surface area contributed by atoms with Gasteiger partial charge < -0.3 is 10.6 Å². The van der Waals surface area contributed by atoms with Crippen molar-refractivity contribution in [2.24, 2.45) is 4.99 Å². The van der Waals surface area contributed by atoms with E-state index >= 15 is 0 Å². The number of aliphatic imine (C=N–C) groups is 1. The van der Waals surface area contributed by atoms with Gasteiger partial charge in [-0.05, 0) is 31.4 Å². The largest absolute Gasteiger partial charge is 0.357 e. The molecular weight excluding hydrogens is 469 g/mol. The maximum atomic E-state index is 4.74. The van der Waals surface area contributed by atoms with Crippen LogP contribution in [0.1, 0.15) is 27.9 Å². The van der Waals surface area contributed by atoms with Crippen molar-refractivity contribution in [1.82, 2.24) is 20.5 Å². The van der Waals surface area contributed by atoms with E-state index in [2.05, 4.69) is 58.6 Å². The zero-order chi connectivity index (χ0) is 18.2. The van der Waals surface area contributed by atoms with Crippen LogP contribution in [0.15, 0.2) is 35.5 Å². The summed E-state index contributed by atoms with van der Waals surface area (Å²) in [5, 5.41) is 7.93. The standard InChI is InChI=1S/C20H29N5S.HI/c1-3-21-20(22-10-8-19-24-14-16(2)26-19)23-11-13-25-12-9-17-6-4-5-7-18(17)15-25;/h4-7,14H,3,8-13,15H2,1-2H3,(H2,21,22,23);1H. The van der Waals surface area contributed by atoms with Gasteiger partial charge >= 0.3 is 0 Å². The minimum absolute atomic E-state index is 0. The molecule has 0 spiro atoms. The minimum atomic E-state index is 0. The van der Waals surface area contributed by atoms with E-state index < -0.39 is 0 Å². The van der Waals surface area contributed by atoms with Gasteiger partial charge in [-0.1, -0.05) is 24.3 Å². The molecule has 1 aromatic carbocycles. The van der Waals surface area contributed by atoms with Crippen molar-refractivity contribution >= 4 is 41.3 Å². The van der Waals surface area contributed by atoms with Crippen LogP contribution >= 0.6 is 35.3 Å². The fourth-order valence-corrected chi connectivity index (χ4v) is 3.98. The third kappa shape index (κ3) is 7.04. The van der Waals surface area contributed by atoms with Crippen molar-refractivity contribution in [2.75, 3.05) is 32.7 Å². The highest BCUT2D eigenvalue weighted by Gasteiger charge is 2.14. The quantitative estimate of drug-likeness (QED) is 0.349. The molecule has 3 rings (SSSR count).